The van der Waals surface area contributed by atoms with E-state index in [1.807, 2.05) is 0 Å². The van der Waals surface area contributed by atoms with Crippen LogP contribution < -0.4 is 0 Å². The van der Waals surface area contributed by atoms with E-state index in [1.54, 1.807) is 20.8 Å². The number of benzene rings is 1. The van der Waals surface area contributed by atoms with Crippen molar-refractivity contribution in [3.63, 3.8) is 0 Å². The van der Waals surface area contributed by atoms with Crippen LogP contribution in [0.15, 0.2) is 30.3 Å². The van der Waals surface area contributed by atoms with Crippen LogP contribution in [0.1, 0.15) is 36.7 Å². The molecule has 1 aromatic rings. The number of carbonyl (C=O) groups is 1. The Morgan fingerprint density at radius 1 is 1.11 bits per heavy atom. The summed E-state index contributed by atoms with van der Waals surface area (Å²) >= 11 is 0. The summed E-state index contributed by atoms with van der Waals surface area (Å²) in [7, 11) is 0. The van der Waals surface area contributed by atoms with E-state index in [0.29, 0.717) is 11.1 Å². The van der Waals surface area contributed by atoms with Crippen LogP contribution in [0.5, 0.6) is 0 Å². The Morgan fingerprint density at radius 3 is 2.05 bits per heavy atom. The van der Waals surface area contributed by atoms with Crippen molar-refractivity contribution in [3.05, 3.63) is 41.5 Å². The second-order valence-electron chi connectivity index (χ2n) is 5.00. The first-order valence-electron chi connectivity index (χ1n) is 5.66. The van der Waals surface area contributed by atoms with Crippen molar-refractivity contribution in [1.29, 1.82) is 0 Å². The quantitative estimate of drug-likeness (QED) is 0.753. The van der Waals surface area contributed by atoms with Crippen LogP contribution in [-0.2, 0) is 4.74 Å². The van der Waals surface area contributed by atoms with Gasteiger partial charge in [-0.05, 0) is 38.5 Å². The first kappa shape index (κ1) is 15.3. The maximum absolute atomic E-state index is 12.0. The molecular weight excluding hydrogens is 257 g/mol. The van der Waals surface area contributed by atoms with Gasteiger partial charge in [-0.3, -0.25) is 0 Å². The molecule has 0 bridgehead atoms. The summed E-state index contributed by atoms with van der Waals surface area (Å²) in [5, 5.41) is 0. The van der Waals surface area contributed by atoms with Gasteiger partial charge < -0.3 is 4.74 Å². The number of halogens is 3. The molecule has 0 atom stereocenters. The molecule has 0 aliphatic heterocycles. The number of ether oxygens (including phenoxy) is 1. The Bertz CT molecular complexity index is 465. The molecule has 0 fully saturated rings. The predicted molar refractivity (Wildman–Crippen MR) is 66.7 cm³/mol. The summed E-state index contributed by atoms with van der Waals surface area (Å²) in [6.07, 6.45) is -3.25. The molecule has 0 heterocycles. The molecule has 0 amide bonds. The van der Waals surface area contributed by atoms with Gasteiger partial charge in [0.05, 0.1) is 5.56 Å². The molecular formula is C14H15F3O2. The Kier molecular flexibility index (Phi) is 4.39. The van der Waals surface area contributed by atoms with Crippen molar-refractivity contribution in [1.82, 2.24) is 0 Å². The average molecular weight is 272 g/mol. The van der Waals surface area contributed by atoms with Gasteiger partial charge in [-0.1, -0.05) is 18.2 Å². The SMILES string of the molecule is CC(C)(C)OC(=O)c1ccc(C=CC(F)(F)F)cc1. The van der Waals surface area contributed by atoms with Gasteiger partial charge in [-0.2, -0.15) is 13.2 Å². The third-order valence-electron chi connectivity index (χ3n) is 2.01. The van der Waals surface area contributed by atoms with Gasteiger partial charge in [0, 0.05) is 6.08 Å². The Morgan fingerprint density at radius 2 is 1.63 bits per heavy atom. The molecule has 0 spiro atoms. The minimum absolute atomic E-state index is 0.148. The molecule has 0 aliphatic carbocycles. The average Bonchev–Trinajstić information content (AvgIpc) is 2.23. The van der Waals surface area contributed by atoms with Gasteiger partial charge in [-0.15, -0.1) is 0 Å². The van der Waals surface area contributed by atoms with Crippen LogP contribution in [0.25, 0.3) is 6.08 Å². The molecule has 104 valence electrons. The van der Waals surface area contributed by atoms with Gasteiger partial charge >= 0.3 is 12.1 Å². The van der Waals surface area contributed by atoms with Crippen LogP contribution in [0.4, 0.5) is 13.2 Å². The van der Waals surface area contributed by atoms with E-state index in [9.17, 15) is 18.0 Å². The lowest BCUT2D eigenvalue weighted by Gasteiger charge is -2.19. The van der Waals surface area contributed by atoms with E-state index in [0.717, 1.165) is 6.08 Å². The monoisotopic (exact) mass is 272 g/mol. The Labute approximate surface area is 109 Å². The lowest BCUT2D eigenvalue weighted by molar-refractivity contribution is -0.0790. The summed E-state index contributed by atoms with van der Waals surface area (Å²) in [6.45, 7) is 5.22. The fraction of sp³-hybridized carbons (Fsp3) is 0.357. The molecule has 0 radical (unpaired) electrons. The molecule has 0 N–H and O–H groups in total. The summed E-state index contributed by atoms with van der Waals surface area (Å²) in [4.78, 5) is 11.7. The molecule has 0 aromatic heterocycles. The number of alkyl halides is 3. The zero-order chi connectivity index (χ0) is 14.7. The molecule has 1 rings (SSSR count). The number of rotatable bonds is 2. The Balaban J connectivity index is 2.77. The highest BCUT2D eigenvalue weighted by molar-refractivity contribution is 5.89. The summed E-state index contributed by atoms with van der Waals surface area (Å²) in [5.74, 6) is -0.501. The third-order valence-corrected chi connectivity index (χ3v) is 2.01. The smallest absolute Gasteiger partial charge is 0.409 e. The van der Waals surface area contributed by atoms with Gasteiger partial charge in [0.1, 0.15) is 5.60 Å². The number of allylic oxidation sites excluding steroid dienone is 1. The number of esters is 1. The van der Waals surface area contributed by atoms with Crippen molar-refractivity contribution in [3.8, 4) is 0 Å². The maximum atomic E-state index is 12.0. The van der Waals surface area contributed by atoms with Gasteiger partial charge in [-0.25, -0.2) is 4.79 Å². The normalized spacial score (nSPS) is 12.7. The van der Waals surface area contributed by atoms with Gasteiger partial charge in [0.25, 0.3) is 0 Å². The summed E-state index contributed by atoms with van der Waals surface area (Å²) in [5.41, 5.74) is 0.0649. The lowest BCUT2D eigenvalue weighted by Crippen LogP contribution is -2.23. The molecule has 5 heteroatoms. The van der Waals surface area contributed by atoms with Crippen molar-refractivity contribution in [2.24, 2.45) is 0 Å². The zero-order valence-electron chi connectivity index (χ0n) is 10.9. The van der Waals surface area contributed by atoms with E-state index in [2.05, 4.69) is 0 Å². The minimum atomic E-state index is -4.34. The lowest BCUT2D eigenvalue weighted by atomic mass is 10.1. The molecule has 2 nitrogen and oxygen atoms in total. The second kappa shape index (κ2) is 5.47. The second-order valence-corrected chi connectivity index (χ2v) is 5.00. The van der Waals surface area contributed by atoms with Crippen molar-refractivity contribution in [2.45, 2.75) is 32.5 Å². The molecule has 1 aromatic carbocycles. The van der Waals surface area contributed by atoms with Crippen molar-refractivity contribution in [2.75, 3.05) is 0 Å². The molecule has 0 saturated heterocycles. The fourth-order valence-electron chi connectivity index (χ4n) is 1.26. The molecule has 19 heavy (non-hydrogen) atoms. The maximum Gasteiger partial charge on any atom is 0.409 e. The van der Waals surface area contributed by atoms with Crippen LogP contribution in [0, 0.1) is 0 Å². The van der Waals surface area contributed by atoms with Crippen LogP contribution in [0.3, 0.4) is 0 Å². The highest BCUT2D eigenvalue weighted by atomic mass is 19.4. The zero-order valence-corrected chi connectivity index (χ0v) is 10.9. The van der Waals surface area contributed by atoms with Crippen LogP contribution >= 0.6 is 0 Å². The summed E-state index contributed by atoms with van der Waals surface area (Å²) in [6, 6.07) is 5.73. The first-order chi connectivity index (χ1) is 8.57. The summed E-state index contributed by atoms with van der Waals surface area (Å²) < 4.78 is 41.1. The first-order valence-corrected chi connectivity index (χ1v) is 5.66. The largest absolute Gasteiger partial charge is 0.456 e. The van der Waals surface area contributed by atoms with Crippen molar-refractivity contribution >= 4 is 12.0 Å². The highest BCUT2D eigenvalue weighted by Crippen LogP contribution is 2.19. The van der Waals surface area contributed by atoms with E-state index in [1.165, 1.54) is 24.3 Å². The molecule has 0 unspecified atom stereocenters. The fourth-order valence-corrected chi connectivity index (χ4v) is 1.26. The predicted octanol–water partition coefficient (Wildman–Crippen LogP) is 4.22. The van der Waals surface area contributed by atoms with Gasteiger partial charge in [0.15, 0.2) is 0 Å². The van der Waals surface area contributed by atoms with Crippen molar-refractivity contribution < 1.29 is 22.7 Å². The van der Waals surface area contributed by atoms with E-state index in [-0.39, 0.29) is 6.08 Å². The molecule has 0 aliphatic rings. The van der Waals surface area contributed by atoms with Gasteiger partial charge in [0.2, 0.25) is 0 Å². The minimum Gasteiger partial charge on any atom is -0.456 e. The van der Waals surface area contributed by atoms with Crippen LogP contribution in [-0.4, -0.2) is 17.7 Å². The topological polar surface area (TPSA) is 26.3 Å². The Hall–Kier alpha value is -1.78. The third kappa shape index (κ3) is 6.08. The number of hydrogen-bond acceptors (Lipinski definition) is 2. The standard InChI is InChI=1S/C14H15F3O2/c1-13(2,3)19-12(18)11-6-4-10(5-7-11)8-9-14(15,16)17/h4-9H,1-3H3. The van der Waals surface area contributed by atoms with E-state index in [4.69, 9.17) is 4.74 Å². The number of hydrogen-bond donors (Lipinski definition) is 0. The van der Waals surface area contributed by atoms with E-state index < -0.39 is 17.7 Å². The highest BCUT2D eigenvalue weighted by Gasteiger charge is 2.22. The van der Waals surface area contributed by atoms with E-state index >= 15 is 0 Å². The van der Waals surface area contributed by atoms with Crippen LogP contribution in [0.2, 0.25) is 0 Å². The number of carbonyl (C=O) groups excluding carboxylic acids is 1. The molecule has 0 saturated carbocycles.